The lowest BCUT2D eigenvalue weighted by Crippen LogP contribution is -2.64. The first-order valence-electron chi connectivity index (χ1n) is 23.8. The van der Waals surface area contributed by atoms with Crippen LogP contribution in [0, 0.1) is 0 Å². The number of rotatable bonds is 40. The summed E-state index contributed by atoms with van der Waals surface area (Å²) in [5, 5.41) is 50.2. The first-order valence-corrected chi connectivity index (χ1v) is 25.2. The fraction of sp³-hybridized carbons (Fsp3) is 0.830. The van der Waals surface area contributed by atoms with Gasteiger partial charge in [0.2, 0.25) is 0 Å². The van der Waals surface area contributed by atoms with E-state index >= 15 is 0 Å². The van der Waals surface area contributed by atoms with E-state index in [-0.39, 0.29) is 12.8 Å². The number of aliphatic hydroxyl groups is 5. The molecule has 0 heterocycles. The Hall–Kier alpha value is -1.93. The van der Waals surface area contributed by atoms with Crippen molar-refractivity contribution in [2.75, 3.05) is 13.2 Å². The normalized spacial score (nSPS) is 22.1. The van der Waals surface area contributed by atoms with Gasteiger partial charge in [0.25, 0.3) is 0 Å². The van der Waals surface area contributed by atoms with Crippen LogP contribution in [0.4, 0.5) is 0 Å². The number of allylic oxidation sites excluding steroid dienone is 5. The van der Waals surface area contributed by atoms with Crippen LogP contribution in [0.1, 0.15) is 193 Å². The van der Waals surface area contributed by atoms with Crippen LogP contribution in [-0.2, 0) is 32.7 Å². The van der Waals surface area contributed by atoms with Gasteiger partial charge in [-0.3, -0.25) is 18.6 Å². The summed E-state index contributed by atoms with van der Waals surface area (Å²) in [5.41, 5.74) is 0. The van der Waals surface area contributed by atoms with E-state index in [0.717, 1.165) is 77.0 Å². The summed E-state index contributed by atoms with van der Waals surface area (Å²) >= 11 is 0. The second-order valence-electron chi connectivity index (χ2n) is 16.7. The van der Waals surface area contributed by atoms with E-state index in [1.165, 1.54) is 83.5 Å². The average Bonchev–Trinajstić information content (AvgIpc) is 3.24. The molecule has 8 atom stereocenters. The molecule has 13 nitrogen and oxygen atoms in total. The van der Waals surface area contributed by atoms with E-state index in [9.17, 15) is 44.6 Å². The van der Waals surface area contributed by atoms with Crippen LogP contribution >= 0.6 is 7.82 Å². The highest BCUT2D eigenvalue weighted by Crippen LogP contribution is 2.47. The number of carbonyl (C=O) groups is 2. The van der Waals surface area contributed by atoms with Gasteiger partial charge in [-0.1, -0.05) is 153 Å². The fourth-order valence-corrected chi connectivity index (χ4v) is 8.21. The topological polar surface area (TPSA) is 210 Å². The summed E-state index contributed by atoms with van der Waals surface area (Å²) in [7, 11) is -5.12. The zero-order valence-corrected chi connectivity index (χ0v) is 38.4. The molecule has 1 fully saturated rings. The number of carbonyl (C=O) groups excluding carboxylic acids is 2. The maximum absolute atomic E-state index is 12.8. The number of unbranched alkanes of at least 4 members (excludes halogenated alkanes) is 23. The van der Waals surface area contributed by atoms with Crippen molar-refractivity contribution in [2.24, 2.45) is 0 Å². The fourth-order valence-electron chi connectivity index (χ4n) is 7.24. The Kier molecular flexibility index (Phi) is 35.0. The smallest absolute Gasteiger partial charge is 0.462 e. The van der Waals surface area contributed by atoms with Crippen LogP contribution in [0.25, 0.3) is 0 Å². The van der Waals surface area contributed by atoms with Gasteiger partial charge in [-0.25, -0.2) is 4.57 Å². The number of hydrogen-bond acceptors (Lipinski definition) is 12. The molecule has 0 aliphatic heterocycles. The molecule has 0 aromatic carbocycles. The minimum absolute atomic E-state index is 0.0939. The molecule has 0 saturated heterocycles. The lowest BCUT2D eigenvalue weighted by atomic mass is 9.85. The molecule has 6 unspecified atom stereocenters. The van der Waals surface area contributed by atoms with Crippen LogP contribution < -0.4 is 0 Å². The van der Waals surface area contributed by atoms with Crippen LogP contribution in [-0.4, -0.2) is 98.3 Å². The Balaban J connectivity index is 2.44. The lowest BCUT2D eigenvalue weighted by molar-refractivity contribution is -0.220. The van der Waals surface area contributed by atoms with Crippen LogP contribution in [0.5, 0.6) is 0 Å². The molecule has 1 aliphatic carbocycles. The second kappa shape index (κ2) is 37.4. The second-order valence-corrected chi connectivity index (χ2v) is 18.1. The third-order valence-corrected chi connectivity index (χ3v) is 12.1. The molecule has 356 valence electrons. The number of hydrogen-bond donors (Lipinski definition) is 6. The van der Waals surface area contributed by atoms with Crippen molar-refractivity contribution < 1.29 is 63.1 Å². The molecular formula is C47H85O13P. The van der Waals surface area contributed by atoms with Crippen molar-refractivity contribution in [1.29, 1.82) is 0 Å². The average molecular weight is 889 g/mol. The van der Waals surface area contributed by atoms with Crippen LogP contribution in [0.15, 0.2) is 37.0 Å². The molecule has 1 aliphatic rings. The molecule has 6 N–H and O–H groups in total. The largest absolute Gasteiger partial charge is 0.472 e. The van der Waals surface area contributed by atoms with Crippen molar-refractivity contribution in [3.63, 3.8) is 0 Å². The van der Waals surface area contributed by atoms with Crippen LogP contribution in [0.3, 0.4) is 0 Å². The highest BCUT2D eigenvalue weighted by atomic mass is 31.2. The SMILES string of the molecule is C=CCCCCCCCCCCCCCCCC(=O)O[C@@H](COC(=O)CCCCCCCCC/C=C/C/C=C/CCCCC)COP(=O)(O)OC1C(O)C(O)C(O)[C@H](O)C1O. The van der Waals surface area contributed by atoms with Gasteiger partial charge in [0.15, 0.2) is 6.10 Å². The summed E-state index contributed by atoms with van der Waals surface area (Å²) < 4.78 is 33.5. The van der Waals surface area contributed by atoms with Gasteiger partial charge in [0.1, 0.15) is 43.2 Å². The van der Waals surface area contributed by atoms with Gasteiger partial charge in [0, 0.05) is 12.8 Å². The summed E-state index contributed by atoms with van der Waals surface area (Å²) in [6.45, 7) is 4.80. The quantitative estimate of drug-likeness (QED) is 0.0147. The minimum atomic E-state index is -5.12. The minimum Gasteiger partial charge on any atom is -0.462 e. The predicted molar refractivity (Wildman–Crippen MR) is 240 cm³/mol. The zero-order valence-electron chi connectivity index (χ0n) is 37.5. The zero-order chi connectivity index (χ0) is 45.0. The molecular weight excluding hydrogens is 803 g/mol. The van der Waals surface area contributed by atoms with Gasteiger partial charge in [0.05, 0.1) is 6.61 Å². The van der Waals surface area contributed by atoms with E-state index in [4.69, 9.17) is 18.5 Å². The summed E-state index contributed by atoms with van der Waals surface area (Å²) in [4.78, 5) is 35.7. The summed E-state index contributed by atoms with van der Waals surface area (Å²) in [6, 6.07) is 0. The van der Waals surface area contributed by atoms with Crippen molar-refractivity contribution in [3.8, 4) is 0 Å². The molecule has 0 bridgehead atoms. The van der Waals surface area contributed by atoms with E-state index in [1.54, 1.807) is 0 Å². The van der Waals surface area contributed by atoms with E-state index < -0.39 is 75.7 Å². The number of phosphoric acid groups is 1. The Morgan fingerprint density at radius 2 is 0.967 bits per heavy atom. The Morgan fingerprint density at radius 1 is 0.557 bits per heavy atom. The Bertz CT molecular complexity index is 1200. The first kappa shape index (κ1) is 57.1. The van der Waals surface area contributed by atoms with Gasteiger partial charge in [-0.2, -0.15) is 0 Å². The molecule has 14 heteroatoms. The lowest BCUT2D eigenvalue weighted by Gasteiger charge is -2.41. The van der Waals surface area contributed by atoms with Crippen molar-refractivity contribution >= 4 is 19.8 Å². The number of esters is 2. The maximum atomic E-state index is 12.8. The highest BCUT2D eigenvalue weighted by Gasteiger charge is 2.51. The van der Waals surface area contributed by atoms with Gasteiger partial charge in [-0.15, -0.1) is 6.58 Å². The molecule has 1 rings (SSSR count). The third kappa shape index (κ3) is 30.0. The van der Waals surface area contributed by atoms with Gasteiger partial charge >= 0.3 is 19.8 Å². The standard InChI is InChI=1S/C47H85O13P/c1-3-5-7-9-11-13-15-17-19-20-22-23-25-27-29-31-33-35-40(48)57-37-39(38-58-61(55,56)60-47-45(53)43(51)42(50)44(52)46(47)54)59-41(49)36-34-32-30-28-26-24-21-18-16-14-12-10-8-6-4-2/h4,11,13,17,19,39,42-47,50-54H,2-3,5-10,12,14-16,18,20-38H2,1H3,(H,55,56)/b13-11+,19-17+/t39-,42?,43-,44?,45?,46?,47?/m0/s1. The maximum Gasteiger partial charge on any atom is 0.472 e. The molecule has 1 saturated carbocycles. The Labute approximate surface area is 368 Å². The molecule has 0 radical (unpaired) electrons. The number of phosphoric ester groups is 1. The molecule has 0 aromatic heterocycles. The summed E-state index contributed by atoms with van der Waals surface area (Å²) in [6.07, 6.45) is 28.0. The molecule has 61 heavy (non-hydrogen) atoms. The number of ether oxygens (including phenoxy) is 2. The van der Waals surface area contributed by atoms with E-state index in [1.807, 2.05) is 6.08 Å². The van der Waals surface area contributed by atoms with E-state index in [2.05, 4.69) is 37.8 Å². The highest BCUT2D eigenvalue weighted by molar-refractivity contribution is 7.47. The van der Waals surface area contributed by atoms with Gasteiger partial charge in [-0.05, 0) is 57.8 Å². The predicted octanol–water partition coefficient (Wildman–Crippen LogP) is 9.39. The first-order chi connectivity index (χ1) is 29.4. The molecule has 0 amide bonds. The summed E-state index contributed by atoms with van der Waals surface area (Å²) in [5.74, 6) is -1.11. The third-order valence-electron chi connectivity index (χ3n) is 11.1. The Morgan fingerprint density at radius 3 is 1.44 bits per heavy atom. The van der Waals surface area contributed by atoms with E-state index in [0.29, 0.717) is 12.8 Å². The van der Waals surface area contributed by atoms with Gasteiger partial charge < -0.3 is 39.9 Å². The van der Waals surface area contributed by atoms with Crippen molar-refractivity contribution in [1.82, 2.24) is 0 Å². The number of aliphatic hydroxyl groups excluding tert-OH is 5. The molecule has 0 aromatic rings. The van der Waals surface area contributed by atoms with Crippen molar-refractivity contribution in [3.05, 3.63) is 37.0 Å². The molecule has 0 spiro atoms. The van der Waals surface area contributed by atoms with Crippen LogP contribution in [0.2, 0.25) is 0 Å². The van der Waals surface area contributed by atoms with Crippen molar-refractivity contribution in [2.45, 2.75) is 236 Å². The monoisotopic (exact) mass is 889 g/mol.